The molecule has 3 heteroatoms. The van der Waals surface area contributed by atoms with Gasteiger partial charge < -0.3 is 10.6 Å². The summed E-state index contributed by atoms with van der Waals surface area (Å²) < 4.78 is 0. The van der Waals surface area contributed by atoms with E-state index in [0.717, 1.165) is 12.2 Å². The van der Waals surface area contributed by atoms with Crippen LogP contribution in [-0.2, 0) is 6.54 Å². The largest absolute Gasteiger partial charge is 0.397 e. The molecule has 3 nitrogen and oxygen atoms in total. The molecule has 0 fully saturated rings. The lowest BCUT2D eigenvalue weighted by molar-refractivity contribution is 0.924. The van der Waals surface area contributed by atoms with Crippen molar-refractivity contribution in [3.05, 3.63) is 59.2 Å². The molecule has 0 aliphatic rings. The molecule has 96 valence electrons. The molecule has 0 aliphatic carbocycles. The molecule has 0 saturated carbocycles. The Morgan fingerprint density at radius 1 is 1.16 bits per heavy atom. The first-order chi connectivity index (χ1) is 9.10. The van der Waals surface area contributed by atoms with Crippen LogP contribution in [-0.4, -0.2) is 7.05 Å². The third-order valence-corrected chi connectivity index (χ3v) is 3.11. The quantitative estimate of drug-likeness (QED) is 0.853. The van der Waals surface area contributed by atoms with E-state index in [1.807, 2.05) is 13.1 Å². The number of hydrogen-bond donors (Lipinski definition) is 1. The third-order valence-electron chi connectivity index (χ3n) is 3.11. The highest BCUT2D eigenvalue weighted by Crippen LogP contribution is 2.24. The van der Waals surface area contributed by atoms with Crippen LogP contribution in [0.4, 0.5) is 11.4 Å². The summed E-state index contributed by atoms with van der Waals surface area (Å²) in [6, 6.07) is 15.9. The molecule has 0 aliphatic heterocycles. The van der Waals surface area contributed by atoms with E-state index >= 15 is 0 Å². The fraction of sp³-hybridized carbons (Fsp3) is 0.188. The maximum atomic E-state index is 8.95. The Balaban J connectivity index is 2.22. The van der Waals surface area contributed by atoms with E-state index in [4.69, 9.17) is 11.0 Å². The van der Waals surface area contributed by atoms with Crippen LogP contribution >= 0.6 is 0 Å². The first-order valence-corrected chi connectivity index (χ1v) is 6.16. The smallest absolute Gasteiger partial charge is 0.0992 e. The first-order valence-electron chi connectivity index (χ1n) is 6.16. The highest BCUT2D eigenvalue weighted by atomic mass is 15.1. The van der Waals surface area contributed by atoms with Crippen LogP contribution in [0.1, 0.15) is 16.7 Å². The van der Waals surface area contributed by atoms with Crippen molar-refractivity contribution in [2.75, 3.05) is 17.7 Å². The molecule has 0 unspecified atom stereocenters. The van der Waals surface area contributed by atoms with Crippen LogP contribution in [0, 0.1) is 18.3 Å². The lowest BCUT2D eigenvalue weighted by atomic mass is 10.1. The zero-order valence-electron chi connectivity index (χ0n) is 11.2. The maximum Gasteiger partial charge on any atom is 0.0992 e. The van der Waals surface area contributed by atoms with E-state index in [2.05, 4.69) is 42.2 Å². The highest BCUT2D eigenvalue weighted by Gasteiger charge is 2.07. The van der Waals surface area contributed by atoms with Crippen molar-refractivity contribution in [2.45, 2.75) is 13.5 Å². The molecular weight excluding hydrogens is 234 g/mol. The molecule has 0 heterocycles. The summed E-state index contributed by atoms with van der Waals surface area (Å²) >= 11 is 0. The number of hydrogen-bond acceptors (Lipinski definition) is 3. The Morgan fingerprint density at radius 2 is 1.84 bits per heavy atom. The van der Waals surface area contributed by atoms with Gasteiger partial charge in [-0.1, -0.05) is 29.8 Å². The highest BCUT2D eigenvalue weighted by molar-refractivity contribution is 5.69. The number of benzene rings is 2. The fourth-order valence-corrected chi connectivity index (χ4v) is 2.00. The Morgan fingerprint density at radius 3 is 2.47 bits per heavy atom. The molecule has 0 aromatic heterocycles. The van der Waals surface area contributed by atoms with Crippen molar-refractivity contribution in [1.29, 1.82) is 5.26 Å². The average molecular weight is 251 g/mol. The standard InChI is InChI=1S/C16H17N3/c1-12-3-5-13(6-4-12)11-19(2)16-9-14(10-17)7-8-15(16)18/h3-9H,11,18H2,1-2H3. The van der Waals surface area contributed by atoms with E-state index in [0.29, 0.717) is 11.3 Å². The van der Waals surface area contributed by atoms with Gasteiger partial charge in [-0.25, -0.2) is 0 Å². The Labute approximate surface area is 113 Å². The summed E-state index contributed by atoms with van der Waals surface area (Å²) in [5.74, 6) is 0. The van der Waals surface area contributed by atoms with E-state index in [1.54, 1.807) is 12.1 Å². The summed E-state index contributed by atoms with van der Waals surface area (Å²) in [4.78, 5) is 2.06. The predicted molar refractivity (Wildman–Crippen MR) is 78.9 cm³/mol. The van der Waals surface area contributed by atoms with Gasteiger partial charge in [0.2, 0.25) is 0 Å². The summed E-state index contributed by atoms with van der Waals surface area (Å²) in [5, 5.41) is 8.95. The SMILES string of the molecule is Cc1ccc(CN(C)c2cc(C#N)ccc2N)cc1. The Bertz CT molecular complexity index is 609. The van der Waals surface area contributed by atoms with Crippen molar-refractivity contribution in [3.8, 4) is 6.07 Å². The van der Waals surface area contributed by atoms with E-state index in [1.165, 1.54) is 11.1 Å². The van der Waals surface area contributed by atoms with Crippen molar-refractivity contribution in [3.63, 3.8) is 0 Å². The number of nitrogens with two attached hydrogens (primary N) is 1. The molecule has 2 aromatic rings. The second-order valence-electron chi connectivity index (χ2n) is 4.73. The summed E-state index contributed by atoms with van der Waals surface area (Å²) in [5.41, 5.74) is 10.6. The number of aryl methyl sites for hydroxylation is 1. The molecular formula is C16H17N3. The van der Waals surface area contributed by atoms with Crippen LogP contribution in [0.3, 0.4) is 0 Å². The van der Waals surface area contributed by atoms with Gasteiger partial charge in [-0.3, -0.25) is 0 Å². The van der Waals surface area contributed by atoms with Crippen molar-refractivity contribution in [1.82, 2.24) is 0 Å². The number of nitrogen functional groups attached to an aromatic ring is 1. The average Bonchev–Trinajstić information content (AvgIpc) is 2.42. The van der Waals surface area contributed by atoms with Crippen LogP contribution in [0.2, 0.25) is 0 Å². The number of nitrogens with zero attached hydrogens (tertiary/aromatic N) is 2. The lowest BCUT2D eigenvalue weighted by Crippen LogP contribution is -2.17. The molecule has 0 saturated heterocycles. The van der Waals surface area contributed by atoms with Crippen LogP contribution < -0.4 is 10.6 Å². The third kappa shape index (κ3) is 3.05. The summed E-state index contributed by atoms with van der Waals surface area (Å²) in [6.45, 7) is 2.83. The molecule has 0 amide bonds. The van der Waals surface area contributed by atoms with Gasteiger partial charge in [0.25, 0.3) is 0 Å². The van der Waals surface area contributed by atoms with Crippen molar-refractivity contribution < 1.29 is 0 Å². The minimum absolute atomic E-state index is 0.625. The molecule has 2 rings (SSSR count). The summed E-state index contributed by atoms with van der Waals surface area (Å²) in [7, 11) is 1.98. The normalized spacial score (nSPS) is 9.95. The topological polar surface area (TPSA) is 53.0 Å². The Kier molecular flexibility index (Phi) is 3.72. The monoisotopic (exact) mass is 251 g/mol. The van der Waals surface area contributed by atoms with Crippen LogP contribution in [0.15, 0.2) is 42.5 Å². The number of nitriles is 1. The van der Waals surface area contributed by atoms with Gasteiger partial charge in [0, 0.05) is 13.6 Å². The van der Waals surface area contributed by atoms with Crippen LogP contribution in [0.5, 0.6) is 0 Å². The van der Waals surface area contributed by atoms with Crippen molar-refractivity contribution in [2.24, 2.45) is 0 Å². The van der Waals surface area contributed by atoms with E-state index in [9.17, 15) is 0 Å². The zero-order chi connectivity index (χ0) is 13.8. The second kappa shape index (κ2) is 5.45. The fourth-order valence-electron chi connectivity index (χ4n) is 2.00. The van der Waals surface area contributed by atoms with Gasteiger partial charge in [-0.05, 0) is 30.7 Å². The summed E-state index contributed by atoms with van der Waals surface area (Å²) in [6.07, 6.45) is 0. The molecule has 0 bridgehead atoms. The van der Waals surface area contributed by atoms with Crippen LogP contribution in [0.25, 0.3) is 0 Å². The zero-order valence-corrected chi connectivity index (χ0v) is 11.2. The van der Waals surface area contributed by atoms with Gasteiger partial charge >= 0.3 is 0 Å². The van der Waals surface area contributed by atoms with E-state index < -0.39 is 0 Å². The molecule has 19 heavy (non-hydrogen) atoms. The number of anilines is 2. The second-order valence-corrected chi connectivity index (χ2v) is 4.73. The van der Waals surface area contributed by atoms with Crippen molar-refractivity contribution >= 4 is 11.4 Å². The van der Waals surface area contributed by atoms with Gasteiger partial charge in [-0.2, -0.15) is 5.26 Å². The minimum atomic E-state index is 0.625. The molecule has 0 atom stereocenters. The molecule has 2 aromatic carbocycles. The van der Waals surface area contributed by atoms with Gasteiger partial charge in [0.1, 0.15) is 0 Å². The molecule has 0 radical (unpaired) electrons. The predicted octanol–water partition coefficient (Wildman–Crippen LogP) is 3.09. The Hall–Kier alpha value is -2.47. The maximum absolute atomic E-state index is 8.95. The molecule has 2 N–H and O–H groups in total. The lowest BCUT2D eigenvalue weighted by Gasteiger charge is -2.21. The first kappa shape index (κ1) is 13.0. The minimum Gasteiger partial charge on any atom is -0.397 e. The van der Waals surface area contributed by atoms with Gasteiger partial charge in [0.15, 0.2) is 0 Å². The van der Waals surface area contributed by atoms with Gasteiger partial charge in [-0.15, -0.1) is 0 Å². The van der Waals surface area contributed by atoms with E-state index in [-0.39, 0.29) is 0 Å². The molecule has 0 spiro atoms. The number of rotatable bonds is 3. The van der Waals surface area contributed by atoms with Gasteiger partial charge in [0.05, 0.1) is 23.0 Å².